The second-order valence-corrected chi connectivity index (χ2v) is 5.79. The standard InChI is InChI=1S/C18H20N2O.ClH/c1-2-18(19)12-16(18)13-8-10-15(11-9-13)20-17(21)14-6-4-3-5-7-14;/h3-11,16H,2,12,19H2,1H3,(H,20,21);1H. The summed E-state index contributed by atoms with van der Waals surface area (Å²) in [6, 6.07) is 17.2. The maximum atomic E-state index is 12.1. The van der Waals surface area contributed by atoms with Gasteiger partial charge in [-0.1, -0.05) is 37.3 Å². The van der Waals surface area contributed by atoms with Gasteiger partial charge in [-0.05, 0) is 42.7 Å². The van der Waals surface area contributed by atoms with Crippen molar-refractivity contribution in [3.8, 4) is 0 Å². The Morgan fingerprint density at radius 3 is 2.41 bits per heavy atom. The molecule has 0 aliphatic heterocycles. The van der Waals surface area contributed by atoms with Gasteiger partial charge in [0.25, 0.3) is 5.91 Å². The fourth-order valence-corrected chi connectivity index (χ4v) is 2.75. The predicted molar refractivity (Wildman–Crippen MR) is 86.5 cm³/mol. The molecule has 0 spiro atoms. The molecule has 3 N–H and O–H groups in total. The second kappa shape index (κ2) is 6.51. The molecule has 1 aliphatic rings. The van der Waals surface area contributed by atoms with Crippen LogP contribution in [0.5, 0.6) is 0 Å². The van der Waals surface area contributed by atoms with E-state index in [-0.39, 0.29) is 25.3 Å². The summed E-state index contributed by atoms with van der Waals surface area (Å²) in [5, 5.41) is 2.91. The number of halogens is 1. The highest BCUT2D eigenvalue weighted by molar-refractivity contribution is 6.04. The zero-order valence-electron chi connectivity index (χ0n) is 13.6. The number of hydrogen-bond donors (Lipinski definition) is 2. The van der Waals surface area contributed by atoms with E-state index in [2.05, 4.69) is 24.4 Å². The highest BCUT2D eigenvalue weighted by Gasteiger charge is 2.49. The Bertz CT molecular complexity index is 648. The summed E-state index contributed by atoms with van der Waals surface area (Å²) in [4.78, 5) is 12.1. The number of hydrogen-bond acceptors (Lipinski definition) is 2. The summed E-state index contributed by atoms with van der Waals surface area (Å²) in [7, 11) is 0. The zero-order chi connectivity index (χ0) is 14.9. The quantitative estimate of drug-likeness (QED) is 0.870. The highest BCUT2D eigenvalue weighted by atomic mass is 35.5. The Labute approximate surface area is 138 Å². The van der Waals surface area contributed by atoms with Crippen LogP contribution in [0.2, 0.25) is 0 Å². The van der Waals surface area contributed by atoms with Crippen molar-refractivity contribution in [3.63, 3.8) is 0 Å². The van der Waals surface area contributed by atoms with E-state index in [1.807, 2.05) is 30.3 Å². The van der Waals surface area contributed by atoms with Crippen molar-refractivity contribution in [2.45, 2.75) is 31.2 Å². The van der Waals surface area contributed by atoms with Gasteiger partial charge < -0.3 is 23.5 Å². The van der Waals surface area contributed by atoms with Crippen molar-refractivity contribution in [2.24, 2.45) is 5.73 Å². The molecule has 1 aliphatic carbocycles. The lowest BCUT2D eigenvalue weighted by Gasteiger charge is -2.09. The third-order valence-electron chi connectivity index (χ3n) is 4.38. The van der Waals surface area contributed by atoms with Crippen LogP contribution in [0.3, 0.4) is 0 Å². The van der Waals surface area contributed by atoms with E-state index in [4.69, 9.17) is 5.73 Å². The fourth-order valence-electron chi connectivity index (χ4n) is 2.75. The van der Waals surface area contributed by atoms with Crippen LogP contribution in [0.4, 0.5) is 5.69 Å². The van der Waals surface area contributed by atoms with E-state index >= 15 is 0 Å². The van der Waals surface area contributed by atoms with Gasteiger partial charge in [-0.25, -0.2) is 0 Å². The largest absolute Gasteiger partial charge is 1.00 e. The Kier molecular flexibility index (Phi) is 4.89. The fraction of sp³-hybridized carbons (Fsp3) is 0.278. The molecule has 2 atom stereocenters. The van der Waals surface area contributed by atoms with Crippen molar-refractivity contribution in [1.82, 2.24) is 0 Å². The molecule has 2 aromatic carbocycles. The first-order valence-corrected chi connectivity index (χ1v) is 7.37. The van der Waals surface area contributed by atoms with E-state index < -0.39 is 0 Å². The van der Waals surface area contributed by atoms with E-state index in [0.717, 1.165) is 18.5 Å². The van der Waals surface area contributed by atoms with Crippen LogP contribution in [0.1, 0.15) is 43.0 Å². The van der Waals surface area contributed by atoms with Crippen molar-refractivity contribution in [1.29, 1.82) is 0 Å². The van der Waals surface area contributed by atoms with Crippen LogP contribution < -0.4 is 23.5 Å². The maximum Gasteiger partial charge on any atom is 1.00 e. The van der Waals surface area contributed by atoms with Gasteiger partial charge in [0.15, 0.2) is 0 Å². The number of benzene rings is 2. The summed E-state index contributed by atoms with van der Waals surface area (Å²) in [5.41, 5.74) is 8.96. The molecule has 1 saturated carbocycles. The zero-order valence-corrected chi connectivity index (χ0v) is 13.3. The average Bonchev–Trinajstić information content (AvgIpc) is 3.21. The predicted octanol–water partition coefficient (Wildman–Crippen LogP) is 0.650. The van der Waals surface area contributed by atoms with E-state index in [1.165, 1.54) is 5.56 Å². The Balaban J connectivity index is 0.00000132. The third-order valence-corrected chi connectivity index (χ3v) is 4.38. The molecule has 1 amide bonds. The summed E-state index contributed by atoms with van der Waals surface area (Å²) in [6.07, 6.45) is 2.06. The second-order valence-electron chi connectivity index (χ2n) is 5.79. The molecule has 4 heteroatoms. The first-order valence-electron chi connectivity index (χ1n) is 7.37. The van der Waals surface area contributed by atoms with Crippen LogP contribution >= 0.6 is 0 Å². The van der Waals surface area contributed by atoms with Crippen molar-refractivity contribution in [2.75, 3.05) is 5.32 Å². The van der Waals surface area contributed by atoms with Crippen molar-refractivity contribution < 1.29 is 18.6 Å². The first kappa shape index (κ1) is 16.5. The molecule has 1 fully saturated rings. The molecule has 0 heterocycles. The van der Waals surface area contributed by atoms with Crippen LogP contribution in [-0.2, 0) is 0 Å². The molecule has 3 rings (SSSR count). The van der Waals surface area contributed by atoms with Gasteiger partial charge in [0.2, 0.25) is 0 Å². The molecular weight excluding hydrogens is 296 g/mol. The number of nitrogens with one attached hydrogen (secondary N) is 1. The van der Waals surface area contributed by atoms with Gasteiger partial charge in [-0.3, -0.25) is 4.79 Å². The maximum absolute atomic E-state index is 12.1. The normalized spacial score (nSPS) is 22.5. The lowest BCUT2D eigenvalue weighted by molar-refractivity contribution is -0.0000121. The Morgan fingerprint density at radius 1 is 1.23 bits per heavy atom. The summed E-state index contributed by atoms with van der Waals surface area (Å²) < 4.78 is 0. The van der Waals surface area contributed by atoms with E-state index in [9.17, 15) is 4.79 Å². The van der Waals surface area contributed by atoms with Crippen LogP contribution in [-0.4, -0.2) is 11.4 Å². The minimum Gasteiger partial charge on any atom is -1.00 e. The van der Waals surface area contributed by atoms with E-state index in [0.29, 0.717) is 11.5 Å². The molecule has 116 valence electrons. The molecular formula is C18H21ClN2O. The molecule has 0 aromatic heterocycles. The van der Waals surface area contributed by atoms with Crippen LogP contribution in [0.25, 0.3) is 0 Å². The van der Waals surface area contributed by atoms with Gasteiger partial charge in [0.05, 0.1) is 0 Å². The lowest BCUT2D eigenvalue weighted by atomic mass is 10.0. The SMILES string of the molecule is CCC1(N)CC1c1ccc(NC(=O)c2ccccc2)cc1.[Cl-].[H+]. The van der Waals surface area contributed by atoms with Gasteiger partial charge in [0, 0.05) is 22.7 Å². The number of anilines is 1. The van der Waals surface area contributed by atoms with Gasteiger partial charge in [-0.15, -0.1) is 0 Å². The molecule has 2 aromatic rings. The molecule has 0 saturated heterocycles. The number of carbonyl (C=O) groups is 1. The monoisotopic (exact) mass is 316 g/mol. The molecule has 2 unspecified atom stereocenters. The van der Waals surface area contributed by atoms with E-state index in [1.54, 1.807) is 12.1 Å². The Morgan fingerprint density at radius 2 is 1.86 bits per heavy atom. The summed E-state index contributed by atoms with van der Waals surface area (Å²) >= 11 is 0. The highest BCUT2D eigenvalue weighted by Crippen LogP contribution is 2.51. The Hall–Kier alpha value is -1.84. The summed E-state index contributed by atoms with van der Waals surface area (Å²) in [6.45, 7) is 2.13. The number of amides is 1. The topological polar surface area (TPSA) is 55.1 Å². The van der Waals surface area contributed by atoms with Crippen LogP contribution in [0, 0.1) is 0 Å². The van der Waals surface area contributed by atoms with Crippen molar-refractivity contribution >= 4 is 11.6 Å². The molecule has 22 heavy (non-hydrogen) atoms. The number of rotatable bonds is 4. The molecule has 0 radical (unpaired) electrons. The summed E-state index contributed by atoms with van der Waals surface area (Å²) in [5.74, 6) is 0.373. The van der Waals surface area contributed by atoms with Gasteiger partial charge >= 0.3 is 1.43 Å². The first-order chi connectivity index (χ1) is 10.1. The number of nitrogens with two attached hydrogens (primary N) is 1. The van der Waals surface area contributed by atoms with Crippen molar-refractivity contribution in [3.05, 3.63) is 65.7 Å². The smallest absolute Gasteiger partial charge is 1.00 e. The van der Waals surface area contributed by atoms with Gasteiger partial charge in [-0.2, -0.15) is 0 Å². The van der Waals surface area contributed by atoms with Crippen LogP contribution in [0.15, 0.2) is 54.6 Å². The minimum atomic E-state index is -0.0866. The third kappa shape index (κ3) is 3.32. The lowest BCUT2D eigenvalue weighted by Crippen LogP contribution is -3.00. The molecule has 0 bridgehead atoms. The van der Waals surface area contributed by atoms with Gasteiger partial charge in [0.1, 0.15) is 0 Å². The average molecular weight is 317 g/mol. The number of carbonyl (C=O) groups excluding carboxylic acids is 1. The minimum absolute atomic E-state index is 0. The molecule has 3 nitrogen and oxygen atoms in total.